The molecule has 0 spiro atoms. The van der Waals surface area contributed by atoms with Gasteiger partial charge in [-0.05, 0) is 55.5 Å². The van der Waals surface area contributed by atoms with Crippen molar-refractivity contribution in [1.82, 2.24) is 20.1 Å². The van der Waals surface area contributed by atoms with Crippen LogP contribution in [-0.2, 0) is 4.79 Å². The number of benzene rings is 2. The fourth-order valence-electron chi connectivity index (χ4n) is 2.77. The molecule has 32 heavy (non-hydrogen) atoms. The zero-order chi connectivity index (χ0) is 22.9. The fraction of sp³-hybridized carbons (Fsp3) is 0.182. The molecule has 0 radical (unpaired) electrons. The highest BCUT2D eigenvalue weighted by Crippen LogP contribution is 2.24. The van der Waals surface area contributed by atoms with Crippen molar-refractivity contribution < 1.29 is 14.3 Å². The summed E-state index contributed by atoms with van der Waals surface area (Å²) in [4.78, 5) is 24.1. The molecule has 1 heterocycles. The first-order valence-electron chi connectivity index (χ1n) is 9.75. The van der Waals surface area contributed by atoms with Crippen LogP contribution in [0.3, 0.4) is 0 Å². The number of thioether (sulfide) groups is 1. The maximum atomic E-state index is 12.4. The summed E-state index contributed by atoms with van der Waals surface area (Å²) in [5.41, 5.74) is 2.12. The number of hydrogen-bond acceptors (Lipinski definition) is 6. The third-order valence-electron chi connectivity index (χ3n) is 4.29. The molecular weight excluding hydrogens is 428 g/mol. The SMILES string of the molecule is C=CCNC(=O)Nc1ccc(NC(=O)CSc2nnc(C)n2-c2ccc(OC)cc2)cc1. The molecule has 1 aromatic heterocycles. The Labute approximate surface area is 190 Å². The number of hydrogen-bond donors (Lipinski definition) is 3. The van der Waals surface area contributed by atoms with Crippen molar-refractivity contribution in [2.45, 2.75) is 12.1 Å². The van der Waals surface area contributed by atoms with Crippen LogP contribution in [0.1, 0.15) is 5.82 Å². The topological polar surface area (TPSA) is 110 Å². The van der Waals surface area contributed by atoms with E-state index < -0.39 is 0 Å². The van der Waals surface area contributed by atoms with Crippen LogP contribution < -0.4 is 20.7 Å². The number of ether oxygens (including phenoxy) is 1. The third kappa shape index (κ3) is 6.11. The number of carbonyl (C=O) groups excluding carboxylic acids is 2. The van der Waals surface area contributed by atoms with Crippen molar-refractivity contribution in [2.24, 2.45) is 0 Å². The second-order valence-electron chi connectivity index (χ2n) is 6.60. The Kier molecular flexibility index (Phi) is 7.87. The van der Waals surface area contributed by atoms with E-state index >= 15 is 0 Å². The van der Waals surface area contributed by atoms with Crippen molar-refractivity contribution in [3.05, 3.63) is 67.0 Å². The highest BCUT2D eigenvalue weighted by atomic mass is 32.2. The zero-order valence-electron chi connectivity index (χ0n) is 17.8. The molecule has 0 aliphatic heterocycles. The van der Waals surface area contributed by atoms with Crippen LogP contribution in [0.4, 0.5) is 16.2 Å². The predicted molar refractivity (Wildman–Crippen MR) is 126 cm³/mol. The number of amides is 3. The highest BCUT2D eigenvalue weighted by Gasteiger charge is 2.14. The number of nitrogens with one attached hydrogen (secondary N) is 3. The van der Waals surface area contributed by atoms with Gasteiger partial charge in [-0.25, -0.2) is 4.79 Å². The zero-order valence-corrected chi connectivity index (χ0v) is 18.6. The monoisotopic (exact) mass is 452 g/mol. The van der Waals surface area contributed by atoms with Crippen LogP contribution >= 0.6 is 11.8 Å². The van der Waals surface area contributed by atoms with E-state index in [0.717, 1.165) is 17.3 Å². The smallest absolute Gasteiger partial charge is 0.319 e. The molecule has 3 amide bonds. The number of anilines is 2. The van der Waals surface area contributed by atoms with Gasteiger partial charge in [0.2, 0.25) is 5.91 Å². The number of urea groups is 1. The van der Waals surface area contributed by atoms with Crippen molar-refractivity contribution in [1.29, 1.82) is 0 Å². The molecule has 9 nitrogen and oxygen atoms in total. The predicted octanol–water partition coefficient (Wildman–Crippen LogP) is 3.62. The summed E-state index contributed by atoms with van der Waals surface area (Å²) in [5.74, 6) is 1.46. The van der Waals surface area contributed by atoms with Gasteiger partial charge in [0.05, 0.1) is 12.9 Å². The van der Waals surface area contributed by atoms with Gasteiger partial charge in [-0.15, -0.1) is 16.8 Å². The lowest BCUT2D eigenvalue weighted by atomic mass is 10.3. The lowest BCUT2D eigenvalue weighted by molar-refractivity contribution is -0.113. The van der Waals surface area contributed by atoms with E-state index in [1.807, 2.05) is 35.8 Å². The van der Waals surface area contributed by atoms with Gasteiger partial charge in [-0.1, -0.05) is 17.8 Å². The quantitative estimate of drug-likeness (QED) is 0.338. The van der Waals surface area contributed by atoms with Gasteiger partial charge in [-0.3, -0.25) is 9.36 Å². The molecule has 3 aromatic rings. The normalized spacial score (nSPS) is 10.3. The number of aryl methyl sites for hydroxylation is 1. The van der Waals surface area contributed by atoms with Crippen LogP contribution in [0, 0.1) is 6.92 Å². The largest absolute Gasteiger partial charge is 0.497 e. The molecule has 3 N–H and O–H groups in total. The van der Waals surface area contributed by atoms with Crippen molar-refractivity contribution >= 4 is 35.1 Å². The van der Waals surface area contributed by atoms with Crippen molar-refractivity contribution in [3.8, 4) is 11.4 Å². The van der Waals surface area contributed by atoms with Gasteiger partial charge in [0, 0.05) is 23.6 Å². The van der Waals surface area contributed by atoms with E-state index in [0.29, 0.717) is 23.1 Å². The molecule has 2 aromatic carbocycles. The van der Waals surface area contributed by atoms with Crippen LogP contribution in [0.15, 0.2) is 66.3 Å². The van der Waals surface area contributed by atoms with Gasteiger partial charge in [0.1, 0.15) is 11.6 Å². The summed E-state index contributed by atoms with van der Waals surface area (Å²) in [7, 11) is 1.62. The second kappa shape index (κ2) is 11.0. The lowest BCUT2D eigenvalue weighted by Gasteiger charge is -2.10. The van der Waals surface area contributed by atoms with Crippen LogP contribution in [0.2, 0.25) is 0 Å². The first kappa shape index (κ1) is 22.9. The van der Waals surface area contributed by atoms with Gasteiger partial charge in [0.15, 0.2) is 5.16 Å². The second-order valence-corrected chi connectivity index (χ2v) is 7.54. The van der Waals surface area contributed by atoms with E-state index in [4.69, 9.17) is 4.74 Å². The van der Waals surface area contributed by atoms with E-state index in [2.05, 4.69) is 32.7 Å². The molecule has 0 aliphatic carbocycles. The van der Waals surface area contributed by atoms with E-state index in [1.165, 1.54) is 11.8 Å². The summed E-state index contributed by atoms with van der Waals surface area (Å²) in [6.45, 7) is 5.78. The summed E-state index contributed by atoms with van der Waals surface area (Å²) in [6, 6.07) is 14.1. The molecular formula is C22H24N6O3S. The van der Waals surface area contributed by atoms with Gasteiger partial charge in [-0.2, -0.15) is 0 Å². The number of nitrogens with zero attached hydrogens (tertiary/aromatic N) is 3. The average molecular weight is 453 g/mol. The van der Waals surface area contributed by atoms with Gasteiger partial charge < -0.3 is 20.7 Å². The Bertz CT molecular complexity index is 1080. The molecule has 0 bridgehead atoms. The summed E-state index contributed by atoms with van der Waals surface area (Å²) in [6.07, 6.45) is 1.59. The Morgan fingerprint density at radius 2 is 1.72 bits per heavy atom. The molecule has 0 fully saturated rings. The number of rotatable bonds is 9. The van der Waals surface area contributed by atoms with Crippen molar-refractivity contribution in [3.63, 3.8) is 0 Å². The highest BCUT2D eigenvalue weighted by molar-refractivity contribution is 7.99. The van der Waals surface area contributed by atoms with E-state index in [-0.39, 0.29) is 17.7 Å². The number of carbonyl (C=O) groups is 2. The van der Waals surface area contributed by atoms with E-state index in [1.54, 1.807) is 37.5 Å². The van der Waals surface area contributed by atoms with Gasteiger partial charge in [0.25, 0.3) is 0 Å². The molecule has 10 heteroatoms. The number of aromatic nitrogens is 3. The first-order chi connectivity index (χ1) is 15.5. The first-order valence-corrected chi connectivity index (χ1v) is 10.7. The van der Waals surface area contributed by atoms with Crippen molar-refractivity contribution in [2.75, 3.05) is 30.0 Å². The molecule has 0 saturated heterocycles. The van der Waals surface area contributed by atoms with Crippen LogP contribution in [0.25, 0.3) is 5.69 Å². The molecule has 3 rings (SSSR count). The Morgan fingerprint density at radius 1 is 1.06 bits per heavy atom. The minimum absolute atomic E-state index is 0.165. The molecule has 166 valence electrons. The Hall–Kier alpha value is -3.79. The van der Waals surface area contributed by atoms with Gasteiger partial charge >= 0.3 is 6.03 Å². The Balaban J connectivity index is 1.56. The molecule has 0 saturated carbocycles. The fourth-order valence-corrected chi connectivity index (χ4v) is 3.57. The molecule has 0 aliphatic rings. The molecule has 0 unspecified atom stereocenters. The number of methoxy groups -OCH3 is 1. The minimum atomic E-state index is -0.325. The summed E-state index contributed by atoms with van der Waals surface area (Å²) in [5, 5.41) is 17.1. The maximum Gasteiger partial charge on any atom is 0.319 e. The molecule has 0 atom stereocenters. The standard InChI is InChI=1S/C22H24N6O3S/c1-4-13-23-21(30)25-17-7-5-16(6-8-17)24-20(29)14-32-22-27-26-15(2)28(22)18-9-11-19(31-3)12-10-18/h4-12H,1,13-14H2,2-3H3,(H,24,29)(H2,23,25,30). The lowest BCUT2D eigenvalue weighted by Crippen LogP contribution is -2.28. The maximum absolute atomic E-state index is 12.4. The minimum Gasteiger partial charge on any atom is -0.497 e. The average Bonchev–Trinajstić information content (AvgIpc) is 3.18. The van der Waals surface area contributed by atoms with Crippen LogP contribution in [0.5, 0.6) is 5.75 Å². The third-order valence-corrected chi connectivity index (χ3v) is 5.22. The van der Waals surface area contributed by atoms with E-state index in [9.17, 15) is 9.59 Å². The Morgan fingerprint density at radius 3 is 2.34 bits per heavy atom. The van der Waals surface area contributed by atoms with Crippen LogP contribution in [-0.4, -0.2) is 46.1 Å². The summed E-state index contributed by atoms with van der Waals surface area (Å²) < 4.78 is 7.08. The summed E-state index contributed by atoms with van der Waals surface area (Å²) >= 11 is 1.29.